The van der Waals surface area contributed by atoms with E-state index >= 15 is 0 Å². The fourth-order valence-corrected chi connectivity index (χ4v) is 2.09. The molecule has 0 saturated heterocycles. The van der Waals surface area contributed by atoms with Crippen molar-refractivity contribution in [3.05, 3.63) is 42.1 Å². The van der Waals surface area contributed by atoms with Gasteiger partial charge in [0.05, 0.1) is 5.69 Å². The average Bonchev–Trinajstić information content (AvgIpc) is 2.74. The molecule has 0 radical (unpaired) electrons. The van der Waals surface area contributed by atoms with Crippen LogP contribution >= 0.6 is 0 Å². The number of rotatable bonds is 3. The highest BCUT2D eigenvalue weighted by Crippen LogP contribution is 2.19. The van der Waals surface area contributed by atoms with E-state index in [1.54, 1.807) is 30.3 Å². The van der Waals surface area contributed by atoms with Crippen LogP contribution in [0.15, 0.2) is 36.4 Å². The van der Waals surface area contributed by atoms with Gasteiger partial charge in [0, 0.05) is 5.56 Å². The summed E-state index contributed by atoms with van der Waals surface area (Å²) in [4.78, 5) is 11.2. The van der Waals surface area contributed by atoms with Crippen molar-refractivity contribution < 1.29 is 13.2 Å². The van der Waals surface area contributed by atoms with Crippen LogP contribution in [0.25, 0.3) is 11.3 Å². The SMILES string of the molecule is NC(=O)c1cc(-c2ccccc2)nn1S(N)(=O)=O. The van der Waals surface area contributed by atoms with E-state index in [0.717, 1.165) is 0 Å². The first kappa shape index (κ1) is 12.3. The normalized spacial score (nSPS) is 11.4. The van der Waals surface area contributed by atoms with Crippen LogP contribution < -0.4 is 10.9 Å². The number of hydrogen-bond acceptors (Lipinski definition) is 4. The van der Waals surface area contributed by atoms with Crippen LogP contribution in [0.5, 0.6) is 0 Å². The smallest absolute Gasteiger partial charge is 0.318 e. The van der Waals surface area contributed by atoms with Gasteiger partial charge in [0.1, 0.15) is 5.69 Å². The van der Waals surface area contributed by atoms with Gasteiger partial charge >= 0.3 is 10.2 Å². The highest BCUT2D eigenvalue weighted by Gasteiger charge is 2.20. The van der Waals surface area contributed by atoms with Crippen LogP contribution in [0.1, 0.15) is 10.5 Å². The second-order valence-electron chi connectivity index (χ2n) is 3.53. The minimum atomic E-state index is -4.16. The Bertz CT molecular complexity index is 691. The molecule has 0 bridgehead atoms. The van der Waals surface area contributed by atoms with Gasteiger partial charge < -0.3 is 5.73 Å². The van der Waals surface area contributed by atoms with E-state index in [4.69, 9.17) is 10.9 Å². The molecule has 8 heteroatoms. The molecule has 2 aromatic rings. The van der Waals surface area contributed by atoms with Gasteiger partial charge in [-0.2, -0.15) is 13.5 Å². The molecule has 0 aliphatic rings. The standard InChI is InChI=1S/C10H10N4O3S/c11-10(15)9-6-8(7-4-2-1-3-5-7)13-14(9)18(12,16)17/h1-6H,(H2,11,15)(H2,12,16,17). The molecule has 2 rings (SSSR count). The maximum Gasteiger partial charge on any atom is 0.318 e. The second-order valence-corrected chi connectivity index (χ2v) is 4.91. The quantitative estimate of drug-likeness (QED) is 0.792. The number of amides is 1. The third-order valence-electron chi connectivity index (χ3n) is 2.24. The van der Waals surface area contributed by atoms with Crippen LogP contribution in [0.3, 0.4) is 0 Å². The first-order chi connectivity index (χ1) is 8.39. The lowest BCUT2D eigenvalue weighted by Crippen LogP contribution is -2.28. The summed E-state index contributed by atoms with van der Waals surface area (Å²) in [7, 11) is -4.16. The van der Waals surface area contributed by atoms with Crippen molar-refractivity contribution in [1.82, 2.24) is 9.19 Å². The van der Waals surface area contributed by atoms with Crippen molar-refractivity contribution >= 4 is 16.1 Å². The molecule has 94 valence electrons. The molecular weight excluding hydrogens is 256 g/mol. The van der Waals surface area contributed by atoms with E-state index in [1.807, 2.05) is 0 Å². The van der Waals surface area contributed by atoms with Gasteiger partial charge in [-0.1, -0.05) is 30.3 Å². The molecule has 18 heavy (non-hydrogen) atoms. The van der Waals surface area contributed by atoms with Crippen molar-refractivity contribution in [3.8, 4) is 11.3 Å². The number of carbonyl (C=O) groups is 1. The predicted molar refractivity (Wildman–Crippen MR) is 64.7 cm³/mol. The largest absolute Gasteiger partial charge is 0.364 e. The van der Waals surface area contributed by atoms with Crippen molar-refractivity contribution in [2.24, 2.45) is 10.9 Å². The fraction of sp³-hybridized carbons (Fsp3) is 0. The summed E-state index contributed by atoms with van der Waals surface area (Å²) in [6, 6.07) is 10.0. The Morgan fingerprint density at radius 2 is 1.83 bits per heavy atom. The predicted octanol–water partition coefficient (Wildman–Crippen LogP) is -0.299. The second kappa shape index (κ2) is 4.24. The molecule has 1 aromatic carbocycles. The first-order valence-corrected chi connectivity index (χ1v) is 6.38. The van der Waals surface area contributed by atoms with Crippen molar-refractivity contribution in [2.45, 2.75) is 0 Å². The Labute approximate surface area is 103 Å². The number of nitrogens with zero attached hydrogens (tertiary/aromatic N) is 2. The molecule has 0 aliphatic heterocycles. The Hall–Kier alpha value is -2.19. The third kappa shape index (κ3) is 2.24. The number of benzene rings is 1. The van der Waals surface area contributed by atoms with E-state index in [9.17, 15) is 13.2 Å². The number of hydrogen-bond donors (Lipinski definition) is 2. The molecular formula is C10H10N4O3S. The zero-order chi connectivity index (χ0) is 13.3. The zero-order valence-corrected chi connectivity index (χ0v) is 9.96. The van der Waals surface area contributed by atoms with Gasteiger partial charge in [0.2, 0.25) is 0 Å². The molecule has 1 heterocycles. The van der Waals surface area contributed by atoms with Gasteiger partial charge in [-0.25, -0.2) is 5.14 Å². The fourth-order valence-electron chi connectivity index (χ4n) is 1.47. The number of nitrogens with two attached hydrogens (primary N) is 2. The Kier molecular flexibility index (Phi) is 2.89. The lowest BCUT2D eigenvalue weighted by molar-refractivity contribution is 0.0994. The average molecular weight is 266 g/mol. The molecule has 4 N–H and O–H groups in total. The third-order valence-corrected chi connectivity index (χ3v) is 3.00. The molecule has 0 unspecified atom stereocenters. The summed E-state index contributed by atoms with van der Waals surface area (Å²) >= 11 is 0. The molecule has 0 aliphatic carbocycles. The summed E-state index contributed by atoms with van der Waals surface area (Å²) in [6.45, 7) is 0. The van der Waals surface area contributed by atoms with Crippen molar-refractivity contribution in [1.29, 1.82) is 0 Å². The van der Waals surface area contributed by atoms with Gasteiger partial charge in [0.15, 0.2) is 0 Å². The maximum absolute atomic E-state index is 11.3. The summed E-state index contributed by atoms with van der Waals surface area (Å²) in [5, 5.41) is 8.73. The minimum Gasteiger partial charge on any atom is -0.364 e. The van der Waals surface area contributed by atoms with E-state index < -0.39 is 16.1 Å². The van der Waals surface area contributed by atoms with E-state index in [2.05, 4.69) is 5.10 Å². The van der Waals surface area contributed by atoms with Gasteiger partial charge in [-0.15, -0.1) is 4.09 Å². The highest BCUT2D eigenvalue weighted by atomic mass is 32.2. The van der Waals surface area contributed by atoms with Crippen molar-refractivity contribution in [3.63, 3.8) is 0 Å². The van der Waals surface area contributed by atoms with Gasteiger partial charge in [-0.3, -0.25) is 4.79 Å². The monoisotopic (exact) mass is 266 g/mol. The summed E-state index contributed by atoms with van der Waals surface area (Å²) in [5.74, 6) is -0.918. The maximum atomic E-state index is 11.3. The molecule has 0 spiro atoms. The first-order valence-electron chi connectivity index (χ1n) is 4.88. The number of primary amides is 1. The number of aromatic nitrogens is 2. The molecule has 1 aromatic heterocycles. The molecule has 0 fully saturated rings. The summed E-state index contributed by atoms with van der Waals surface area (Å²) < 4.78 is 23.0. The van der Waals surface area contributed by atoms with Crippen molar-refractivity contribution in [2.75, 3.05) is 0 Å². The lowest BCUT2D eigenvalue weighted by atomic mass is 10.1. The lowest BCUT2D eigenvalue weighted by Gasteiger charge is -1.99. The summed E-state index contributed by atoms with van der Waals surface area (Å²) in [5.41, 5.74) is 5.76. The van der Waals surface area contributed by atoms with Crippen LogP contribution in [-0.2, 0) is 10.2 Å². The topological polar surface area (TPSA) is 121 Å². The molecule has 1 amide bonds. The Balaban J connectivity index is 2.64. The molecule has 7 nitrogen and oxygen atoms in total. The van der Waals surface area contributed by atoms with E-state index in [1.165, 1.54) is 6.07 Å². The van der Waals surface area contributed by atoms with Crippen LogP contribution in [0.2, 0.25) is 0 Å². The minimum absolute atomic E-state index is 0.281. The van der Waals surface area contributed by atoms with Crippen LogP contribution in [0.4, 0.5) is 0 Å². The Morgan fingerprint density at radius 1 is 1.22 bits per heavy atom. The van der Waals surface area contributed by atoms with E-state index in [0.29, 0.717) is 15.3 Å². The molecule has 0 atom stereocenters. The summed E-state index contributed by atoms with van der Waals surface area (Å²) in [6.07, 6.45) is 0. The van der Waals surface area contributed by atoms with Crippen LogP contribution in [0, 0.1) is 0 Å². The van der Waals surface area contributed by atoms with E-state index in [-0.39, 0.29) is 5.69 Å². The van der Waals surface area contributed by atoms with Gasteiger partial charge in [-0.05, 0) is 6.07 Å². The zero-order valence-electron chi connectivity index (χ0n) is 9.15. The molecule has 0 saturated carbocycles. The highest BCUT2D eigenvalue weighted by molar-refractivity contribution is 7.87. The Morgan fingerprint density at radius 3 is 2.28 bits per heavy atom. The number of carbonyl (C=O) groups excluding carboxylic acids is 1. The van der Waals surface area contributed by atoms with Crippen LogP contribution in [-0.4, -0.2) is 23.5 Å². The van der Waals surface area contributed by atoms with Gasteiger partial charge in [0.25, 0.3) is 5.91 Å².